The largest absolute Gasteiger partial charge is 0.453 e. The zero-order chi connectivity index (χ0) is 18.2. The molecule has 2 aromatic rings. The maximum absolute atomic E-state index is 11.3. The lowest BCUT2D eigenvalue weighted by molar-refractivity contribution is 0.486. The van der Waals surface area contributed by atoms with Gasteiger partial charge in [0.25, 0.3) is 11.3 Å². The van der Waals surface area contributed by atoms with Gasteiger partial charge in [-0.25, -0.2) is 4.21 Å². The first-order valence-corrected chi connectivity index (χ1v) is 9.56. The van der Waals surface area contributed by atoms with Crippen molar-refractivity contribution in [3.63, 3.8) is 0 Å². The van der Waals surface area contributed by atoms with Crippen LogP contribution in [0.1, 0.15) is 32.3 Å². The van der Waals surface area contributed by atoms with Crippen molar-refractivity contribution in [2.75, 3.05) is 16.6 Å². The topological polar surface area (TPSA) is 70.6 Å². The fourth-order valence-electron chi connectivity index (χ4n) is 2.25. The number of anilines is 2. The van der Waals surface area contributed by atoms with Crippen LogP contribution in [0.25, 0.3) is 0 Å². The lowest BCUT2D eigenvalue weighted by Crippen LogP contribution is -2.09. The Morgan fingerprint density at radius 1 is 1.24 bits per heavy atom. The summed E-state index contributed by atoms with van der Waals surface area (Å²) in [6.07, 6.45) is 2.06. The van der Waals surface area contributed by atoms with Gasteiger partial charge < -0.3 is 10.1 Å². The number of hydrogen-bond donors (Lipinski definition) is 3. The van der Waals surface area contributed by atoms with Crippen LogP contribution >= 0.6 is 12.2 Å². The van der Waals surface area contributed by atoms with Crippen molar-refractivity contribution in [1.82, 2.24) is 0 Å². The van der Waals surface area contributed by atoms with Gasteiger partial charge in [0.2, 0.25) is 0 Å². The number of unbranched alkanes of at least 4 members (excludes halogenated alkanes) is 1. The van der Waals surface area contributed by atoms with Crippen LogP contribution in [0.15, 0.2) is 42.5 Å². The first-order chi connectivity index (χ1) is 12.0. The van der Waals surface area contributed by atoms with Crippen molar-refractivity contribution < 1.29 is 13.5 Å². The zero-order valence-electron chi connectivity index (χ0n) is 14.2. The molecule has 7 heteroatoms. The average Bonchev–Trinajstić information content (AvgIpc) is 2.57. The Hall–Kier alpha value is -1.96. The third kappa shape index (κ3) is 5.81. The molecule has 1 unspecified atom stereocenters. The third-order valence-corrected chi connectivity index (χ3v) is 4.13. The number of nitrogens with one attached hydrogen (secondary N) is 2. The SMILES string of the molecule is CCCCNc1cc(C(C)=S)cc(NS(=O)O)c1Oc1ccccc1. The molecule has 0 aliphatic carbocycles. The molecule has 5 nitrogen and oxygen atoms in total. The molecular formula is C18H22N2O3S2. The van der Waals surface area contributed by atoms with Crippen molar-refractivity contribution in [2.45, 2.75) is 26.7 Å². The Kier molecular flexibility index (Phi) is 7.36. The van der Waals surface area contributed by atoms with E-state index in [1.54, 1.807) is 6.07 Å². The third-order valence-electron chi connectivity index (χ3n) is 3.50. The molecule has 0 spiro atoms. The Balaban J connectivity index is 2.48. The molecule has 0 bridgehead atoms. The number of para-hydroxylation sites is 1. The lowest BCUT2D eigenvalue weighted by atomic mass is 10.1. The van der Waals surface area contributed by atoms with E-state index in [2.05, 4.69) is 17.0 Å². The molecule has 0 aromatic heterocycles. The van der Waals surface area contributed by atoms with Gasteiger partial charge in [-0.1, -0.05) is 43.8 Å². The predicted molar refractivity (Wildman–Crippen MR) is 108 cm³/mol. The Morgan fingerprint density at radius 2 is 1.92 bits per heavy atom. The molecule has 3 N–H and O–H groups in total. The summed E-state index contributed by atoms with van der Waals surface area (Å²) in [4.78, 5) is 0.691. The van der Waals surface area contributed by atoms with Gasteiger partial charge in [0, 0.05) is 11.4 Å². The summed E-state index contributed by atoms with van der Waals surface area (Å²) in [6, 6.07) is 12.9. The van der Waals surface area contributed by atoms with E-state index in [4.69, 9.17) is 17.0 Å². The van der Waals surface area contributed by atoms with Gasteiger partial charge in [0.1, 0.15) is 5.75 Å². The highest BCUT2D eigenvalue weighted by Crippen LogP contribution is 2.39. The van der Waals surface area contributed by atoms with Crippen molar-refractivity contribution in [2.24, 2.45) is 0 Å². The number of rotatable bonds is 9. The number of ether oxygens (including phenoxy) is 1. The maximum atomic E-state index is 11.3. The summed E-state index contributed by atoms with van der Waals surface area (Å²) < 4.78 is 29.1. The van der Waals surface area contributed by atoms with Crippen LogP contribution in [0.3, 0.4) is 0 Å². The first-order valence-electron chi connectivity index (χ1n) is 8.04. The molecule has 25 heavy (non-hydrogen) atoms. The van der Waals surface area contributed by atoms with Gasteiger partial charge in [0.15, 0.2) is 5.75 Å². The summed E-state index contributed by atoms with van der Waals surface area (Å²) in [6.45, 7) is 4.70. The highest BCUT2D eigenvalue weighted by atomic mass is 32.2. The van der Waals surface area contributed by atoms with E-state index in [1.807, 2.05) is 43.3 Å². The Bertz CT molecular complexity index is 751. The molecule has 2 aromatic carbocycles. The molecule has 0 radical (unpaired) electrons. The molecule has 0 saturated carbocycles. The highest BCUT2D eigenvalue weighted by Gasteiger charge is 2.16. The maximum Gasteiger partial charge on any atom is 0.259 e. The van der Waals surface area contributed by atoms with Crippen LogP contribution in [-0.2, 0) is 11.3 Å². The van der Waals surface area contributed by atoms with Gasteiger partial charge in [-0.2, -0.15) is 0 Å². The Morgan fingerprint density at radius 3 is 2.52 bits per heavy atom. The minimum Gasteiger partial charge on any atom is -0.453 e. The van der Waals surface area contributed by atoms with E-state index in [0.29, 0.717) is 22.1 Å². The van der Waals surface area contributed by atoms with Gasteiger partial charge in [-0.15, -0.1) is 0 Å². The fourth-order valence-corrected chi connectivity index (χ4v) is 2.71. The van der Waals surface area contributed by atoms with E-state index < -0.39 is 11.3 Å². The van der Waals surface area contributed by atoms with E-state index in [9.17, 15) is 8.76 Å². The van der Waals surface area contributed by atoms with E-state index >= 15 is 0 Å². The predicted octanol–water partition coefficient (Wildman–Crippen LogP) is 4.98. The van der Waals surface area contributed by atoms with Crippen LogP contribution < -0.4 is 14.8 Å². The number of thiocarbonyl (C=S) groups is 1. The highest BCUT2D eigenvalue weighted by molar-refractivity contribution is 7.81. The molecule has 0 heterocycles. The molecule has 0 aliphatic heterocycles. The van der Waals surface area contributed by atoms with Crippen LogP contribution in [0, 0.1) is 0 Å². The average molecular weight is 379 g/mol. The van der Waals surface area contributed by atoms with Gasteiger partial charge in [-0.05, 0) is 43.2 Å². The quantitative estimate of drug-likeness (QED) is 0.248. The second-order valence-corrected chi connectivity index (χ2v) is 6.82. The van der Waals surface area contributed by atoms with Crippen molar-refractivity contribution in [3.05, 3.63) is 48.0 Å². The van der Waals surface area contributed by atoms with E-state index in [0.717, 1.165) is 30.6 Å². The number of benzene rings is 2. The van der Waals surface area contributed by atoms with Crippen LogP contribution in [-0.4, -0.2) is 20.2 Å². The zero-order valence-corrected chi connectivity index (χ0v) is 15.9. The smallest absolute Gasteiger partial charge is 0.259 e. The Labute approximate surface area is 156 Å². The summed E-state index contributed by atoms with van der Waals surface area (Å²) >= 11 is 3.05. The van der Waals surface area contributed by atoms with E-state index in [-0.39, 0.29) is 0 Å². The van der Waals surface area contributed by atoms with Crippen molar-refractivity contribution >= 4 is 39.7 Å². The van der Waals surface area contributed by atoms with Crippen LogP contribution in [0.4, 0.5) is 11.4 Å². The summed E-state index contributed by atoms with van der Waals surface area (Å²) in [5, 5.41) is 3.34. The summed E-state index contributed by atoms with van der Waals surface area (Å²) in [7, 11) is 0. The fraction of sp³-hybridized carbons (Fsp3) is 0.278. The minimum absolute atomic E-state index is 0.408. The molecule has 0 amide bonds. The molecule has 2 rings (SSSR count). The molecule has 1 atom stereocenters. The lowest BCUT2D eigenvalue weighted by Gasteiger charge is -2.18. The summed E-state index contributed by atoms with van der Waals surface area (Å²) in [5.74, 6) is 1.10. The van der Waals surface area contributed by atoms with Crippen molar-refractivity contribution in [1.29, 1.82) is 0 Å². The number of hydrogen-bond acceptors (Lipinski definition) is 4. The van der Waals surface area contributed by atoms with Crippen LogP contribution in [0.2, 0.25) is 0 Å². The second-order valence-electron chi connectivity index (χ2n) is 5.50. The van der Waals surface area contributed by atoms with Gasteiger partial charge in [0.05, 0.1) is 11.4 Å². The standard InChI is InChI=1S/C18H22N2O3S2/c1-3-4-10-19-16-11-14(13(2)24)12-17(20-25(21)22)18(16)23-15-8-6-5-7-9-15/h5-9,11-12,19-20H,3-4,10H2,1-2H3,(H,21,22). The monoisotopic (exact) mass is 378 g/mol. The molecule has 0 aliphatic rings. The van der Waals surface area contributed by atoms with Gasteiger partial charge in [-0.3, -0.25) is 9.27 Å². The molecule has 0 fully saturated rings. The second kappa shape index (κ2) is 9.50. The van der Waals surface area contributed by atoms with Crippen molar-refractivity contribution in [3.8, 4) is 11.5 Å². The molecule has 0 saturated heterocycles. The van der Waals surface area contributed by atoms with Gasteiger partial charge >= 0.3 is 0 Å². The normalized spacial score (nSPS) is 11.6. The first kappa shape index (κ1) is 19.4. The minimum atomic E-state index is -2.22. The molecule has 134 valence electrons. The molecular weight excluding hydrogens is 356 g/mol. The summed E-state index contributed by atoms with van der Waals surface area (Å²) in [5.41, 5.74) is 1.93. The van der Waals surface area contributed by atoms with E-state index in [1.165, 1.54) is 0 Å². The van der Waals surface area contributed by atoms with Crippen LogP contribution in [0.5, 0.6) is 11.5 Å².